The molecule has 0 radical (unpaired) electrons. The van der Waals surface area contributed by atoms with Crippen molar-refractivity contribution in [3.05, 3.63) is 69.6 Å². The molecule has 7 nitrogen and oxygen atoms in total. The predicted octanol–water partition coefficient (Wildman–Crippen LogP) is 3.66. The largest absolute Gasteiger partial charge is 0.433 e. The zero-order valence-corrected chi connectivity index (χ0v) is 13.4. The summed E-state index contributed by atoms with van der Waals surface area (Å²) in [5.74, 6) is -0.167. The molecule has 1 amide bonds. The first-order valence-electron chi connectivity index (χ1n) is 7.69. The van der Waals surface area contributed by atoms with Crippen LogP contribution < -0.4 is 5.32 Å². The van der Waals surface area contributed by atoms with Crippen LogP contribution in [-0.4, -0.2) is 22.4 Å². The Morgan fingerprint density at radius 2 is 2.08 bits per heavy atom. The summed E-state index contributed by atoms with van der Waals surface area (Å²) in [7, 11) is 0. The zero-order valence-electron chi connectivity index (χ0n) is 13.4. The number of benzene rings is 1. The zero-order chi connectivity index (χ0) is 17.8. The van der Waals surface area contributed by atoms with Gasteiger partial charge < -0.3 is 9.73 Å². The molecule has 0 atom stereocenters. The highest BCUT2D eigenvalue weighted by atomic mass is 16.6. The number of fused-ring (bicyclic) bond motifs is 1. The number of nitro groups is 1. The topological polar surface area (TPSA) is 98.3 Å². The Hall–Kier alpha value is -3.48. The first kappa shape index (κ1) is 16.4. The van der Waals surface area contributed by atoms with Crippen LogP contribution >= 0.6 is 0 Å². The van der Waals surface area contributed by atoms with Gasteiger partial charge in [0.25, 0.3) is 5.91 Å². The van der Waals surface area contributed by atoms with Gasteiger partial charge in [0.2, 0.25) is 0 Å². The highest BCUT2D eigenvalue weighted by Crippen LogP contribution is 2.21. The Bertz CT molecular complexity index is 975. The molecule has 0 bridgehead atoms. The van der Waals surface area contributed by atoms with E-state index in [1.165, 1.54) is 12.1 Å². The minimum atomic E-state index is -0.598. The average molecular weight is 337 g/mol. The Morgan fingerprint density at radius 3 is 2.80 bits per heavy atom. The highest BCUT2D eigenvalue weighted by molar-refractivity contribution is 6.06. The smallest absolute Gasteiger partial charge is 0.401 e. The van der Waals surface area contributed by atoms with Gasteiger partial charge >= 0.3 is 5.88 Å². The normalized spacial score (nSPS) is 11.1. The molecule has 1 aromatic carbocycles. The van der Waals surface area contributed by atoms with Gasteiger partial charge in [-0.1, -0.05) is 18.2 Å². The van der Waals surface area contributed by atoms with Crippen LogP contribution in [0, 0.1) is 10.1 Å². The number of nitrogens with zero attached hydrogens (tertiary/aromatic N) is 2. The van der Waals surface area contributed by atoms with Crippen LogP contribution in [0.5, 0.6) is 0 Å². The third-order valence-electron chi connectivity index (χ3n) is 3.53. The minimum absolute atomic E-state index is 0.176. The number of carbonyl (C=O) groups excluding carboxylic acids is 1. The van der Waals surface area contributed by atoms with E-state index in [9.17, 15) is 14.9 Å². The van der Waals surface area contributed by atoms with Gasteiger partial charge in [0.1, 0.15) is 10.7 Å². The van der Waals surface area contributed by atoms with Gasteiger partial charge in [-0.05, 0) is 37.3 Å². The van der Waals surface area contributed by atoms with Crippen LogP contribution in [0.4, 0.5) is 5.88 Å². The molecule has 3 aromatic rings. The van der Waals surface area contributed by atoms with E-state index in [4.69, 9.17) is 4.42 Å². The van der Waals surface area contributed by atoms with Gasteiger partial charge in [-0.2, -0.15) is 0 Å². The maximum Gasteiger partial charge on any atom is 0.433 e. The fraction of sp³-hybridized carbons (Fsp3) is 0.111. The maximum atomic E-state index is 12.3. The number of furan rings is 1. The molecule has 0 saturated heterocycles. The summed E-state index contributed by atoms with van der Waals surface area (Å²) in [5.41, 5.74) is 1.77. The van der Waals surface area contributed by atoms with Crippen molar-refractivity contribution in [2.24, 2.45) is 0 Å². The molecule has 3 rings (SSSR count). The number of pyridine rings is 1. The molecule has 2 aromatic heterocycles. The fourth-order valence-corrected chi connectivity index (χ4v) is 2.42. The number of hydrogen-bond donors (Lipinski definition) is 1. The Labute approximate surface area is 143 Å². The first-order chi connectivity index (χ1) is 12.1. The SMILES string of the molecule is CCNC(=O)c1cc(/C=C/c2ccc([N+](=O)[O-])o2)nc2ccccc12. The summed E-state index contributed by atoms with van der Waals surface area (Å²) in [6, 6.07) is 11.8. The number of nitrogens with one attached hydrogen (secondary N) is 1. The second-order valence-electron chi connectivity index (χ2n) is 5.24. The fourth-order valence-electron chi connectivity index (χ4n) is 2.42. The third kappa shape index (κ3) is 3.55. The first-order valence-corrected chi connectivity index (χ1v) is 7.69. The van der Waals surface area contributed by atoms with Gasteiger partial charge in [-0.3, -0.25) is 14.9 Å². The Kier molecular flexibility index (Phi) is 4.56. The average Bonchev–Trinajstić information content (AvgIpc) is 3.09. The van der Waals surface area contributed by atoms with E-state index in [1.807, 2.05) is 31.2 Å². The number of para-hydroxylation sites is 1. The molecular weight excluding hydrogens is 322 g/mol. The second-order valence-corrected chi connectivity index (χ2v) is 5.24. The van der Waals surface area contributed by atoms with Crippen LogP contribution in [-0.2, 0) is 0 Å². The molecular formula is C18H15N3O4. The van der Waals surface area contributed by atoms with Crippen LogP contribution in [0.25, 0.3) is 23.1 Å². The number of rotatable bonds is 5. The van der Waals surface area contributed by atoms with E-state index in [0.717, 1.165) is 5.39 Å². The van der Waals surface area contributed by atoms with Crippen molar-refractivity contribution in [1.82, 2.24) is 10.3 Å². The molecule has 2 heterocycles. The molecule has 0 fully saturated rings. The van der Waals surface area contributed by atoms with E-state index in [1.54, 1.807) is 18.2 Å². The summed E-state index contributed by atoms with van der Waals surface area (Å²) in [6.45, 7) is 2.38. The number of carbonyl (C=O) groups is 1. The Balaban J connectivity index is 1.99. The summed E-state index contributed by atoms with van der Waals surface area (Å²) in [5, 5.41) is 14.2. The summed E-state index contributed by atoms with van der Waals surface area (Å²) >= 11 is 0. The van der Waals surface area contributed by atoms with Crippen molar-refractivity contribution in [3.63, 3.8) is 0 Å². The molecule has 0 aliphatic heterocycles. The number of aromatic nitrogens is 1. The molecule has 0 spiro atoms. The maximum absolute atomic E-state index is 12.3. The van der Waals surface area contributed by atoms with Crippen LogP contribution in [0.15, 0.2) is 46.9 Å². The predicted molar refractivity (Wildman–Crippen MR) is 94.0 cm³/mol. The Morgan fingerprint density at radius 1 is 1.28 bits per heavy atom. The summed E-state index contributed by atoms with van der Waals surface area (Å²) < 4.78 is 5.08. The van der Waals surface area contributed by atoms with Gasteiger partial charge in [0.15, 0.2) is 0 Å². The molecule has 7 heteroatoms. The molecule has 25 heavy (non-hydrogen) atoms. The van der Waals surface area contributed by atoms with E-state index < -0.39 is 4.92 Å². The molecule has 0 saturated carbocycles. The molecule has 1 N–H and O–H groups in total. The van der Waals surface area contributed by atoms with E-state index >= 15 is 0 Å². The van der Waals surface area contributed by atoms with Gasteiger partial charge in [-0.15, -0.1) is 0 Å². The lowest BCUT2D eigenvalue weighted by atomic mass is 10.1. The van der Waals surface area contributed by atoms with Crippen molar-refractivity contribution < 1.29 is 14.1 Å². The lowest BCUT2D eigenvalue weighted by Crippen LogP contribution is -2.23. The molecule has 126 valence electrons. The molecule has 0 unspecified atom stereocenters. The lowest BCUT2D eigenvalue weighted by Gasteiger charge is -2.07. The van der Waals surface area contributed by atoms with Crippen LogP contribution in [0.2, 0.25) is 0 Å². The summed E-state index contributed by atoms with van der Waals surface area (Å²) in [4.78, 5) is 26.8. The number of hydrogen-bond acceptors (Lipinski definition) is 5. The van der Waals surface area contributed by atoms with E-state index in [0.29, 0.717) is 29.1 Å². The van der Waals surface area contributed by atoms with Gasteiger partial charge in [0, 0.05) is 11.9 Å². The van der Waals surface area contributed by atoms with Crippen molar-refractivity contribution in [2.75, 3.05) is 6.54 Å². The van der Waals surface area contributed by atoms with Crippen molar-refractivity contribution in [3.8, 4) is 0 Å². The monoisotopic (exact) mass is 337 g/mol. The van der Waals surface area contributed by atoms with E-state index in [-0.39, 0.29) is 11.8 Å². The van der Waals surface area contributed by atoms with Crippen LogP contribution in [0.3, 0.4) is 0 Å². The van der Waals surface area contributed by atoms with Gasteiger partial charge in [0.05, 0.1) is 22.8 Å². The third-order valence-corrected chi connectivity index (χ3v) is 3.53. The standard InChI is InChI=1S/C18H15N3O4/c1-2-19-18(22)15-11-12(20-16-6-4-3-5-14(15)16)7-8-13-9-10-17(25-13)21(23)24/h3-11H,2H2,1H3,(H,19,22)/b8-7+. The van der Waals surface area contributed by atoms with Crippen LogP contribution in [0.1, 0.15) is 28.7 Å². The molecule has 0 aliphatic carbocycles. The summed E-state index contributed by atoms with van der Waals surface area (Å²) in [6.07, 6.45) is 3.23. The lowest BCUT2D eigenvalue weighted by molar-refractivity contribution is -0.402. The highest BCUT2D eigenvalue weighted by Gasteiger charge is 2.12. The van der Waals surface area contributed by atoms with Crippen molar-refractivity contribution in [2.45, 2.75) is 6.92 Å². The second kappa shape index (κ2) is 6.96. The van der Waals surface area contributed by atoms with Crippen molar-refractivity contribution in [1.29, 1.82) is 0 Å². The minimum Gasteiger partial charge on any atom is -0.401 e. The van der Waals surface area contributed by atoms with Crippen molar-refractivity contribution >= 4 is 34.8 Å². The molecule has 0 aliphatic rings. The van der Waals surface area contributed by atoms with Gasteiger partial charge in [-0.25, -0.2) is 4.98 Å². The number of amides is 1. The van der Waals surface area contributed by atoms with E-state index in [2.05, 4.69) is 10.3 Å². The quantitative estimate of drug-likeness (QED) is 0.566.